The van der Waals surface area contributed by atoms with Gasteiger partial charge in [-0.25, -0.2) is 9.64 Å². The van der Waals surface area contributed by atoms with Crippen LogP contribution < -0.4 is 9.47 Å². The lowest BCUT2D eigenvalue weighted by atomic mass is 10.1. The van der Waals surface area contributed by atoms with Crippen LogP contribution in [0.15, 0.2) is 72.8 Å². The predicted molar refractivity (Wildman–Crippen MR) is 97.0 cm³/mol. The van der Waals surface area contributed by atoms with Crippen LogP contribution in [0.3, 0.4) is 0 Å². The molecule has 0 aliphatic carbocycles. The van der Waals surface area contributed by atoms with Gasteiger partial charge in [0.2, 0.25) is 5.69 Å². The van der Waals surface area contributed by atoms with Crippen LogP contribution in [0, 0.1) is 6.57 Å². The molecule has 0 amide bonds. The minimum atomic E-state index is -1.22. The Hall–Kier alpha value is -3.78. The number of aromatic carboxylic acids is 1. The highest BCUT2D eigenvalue weighted by Gasteiger charge is 2.23. The van der Waals surface area contributed by atoms with Crippen molar-refractivity contribution in [3.05, 3.63) is 95.3 Å². The number of carbonyl (C=O) groups is 1. The first-order valence-corrected chi connectivity index (χ1v) is 7.86. The van der Waals surface area contributed by atoms with Gasteiger partial charge in [-0.2, -0.15) is 0 Å². The molecule has 0 aliphatic rings. The molecule has 0 bridgehead atoms. The van der Waals surface area contributed by atoms with Gasteiger partial charge < -0.3 is 14.6 Å². The summed E-state index contributed by atoms with van der Waals surface area (Å²) in [7, 11) is 0. The van der Waals surface area contributed by atoms with Crippen molar-refractivity contribution in [1.82, 2.24) is 0 Å². The molecule has 0 aliphatic heterocycles. The van der Waals surface area contributed by atoms with Crippen molar-refractivity contribution >= 4 is 11.7 Å². The average Bonchev–Trinajstić information content (AvgIpc) is 2.67. The third kappa shape index (κ3) is 3.82. The Balaban J connectivity index is 1.98. The summed E-state index contributed by atoms with van der Waals surface area (Å²) < 4.78 is 11.4. The van der Waals surface area contributed by atoms with Crippen LogP contribution in [0.4, 0.5) is 5.69 Å². The summed E-state index contributed by atoms with van der Waals surface area (Å²) in [5.41, 5.74) is 0.847. The first-order chi connectivity index (χ1) is 12.7. The zero-order chi connectivity index (χ0) is 18.4. The van der Waals surface area contributed by atoms with Crippen molar-refractivity contribution in [3.63, 3.8) is 0 Å². The molecule has 1 N–H and O–H groups in total. The van der Waals surface area contributed by atoms with Crippen LogP contribution in [0.2, 0.25) is 0 Å². The van der Waals surface area contributed by atoms with E-state index < -0.39 is 5.97 Å². The number of hydrogen-bond acceptors (Lipinski definition) is 3. The monoisotopic (exact) mass is 345 g/mol. The van der Waals surface area contributed by atoms with Gasteiger partial charge in [0, 0.05) is 0 Å². The summed E-state index contributed by atoms with van der Waals surface area (Å²) in [6, 6.07) is 21.1. The Bertz CT molecular complexity index is 947. The zero-order valence-corrected chi connectivity index (χ0v) is 13.8. The van der Waals surface area contributed by atoms with Crippen LogP contribution in [-0.4, -0.2) is 11.1 Å². The molecule has 3 rings (SSSR count). The SMILES string of the molecule is [C-]#[N+]c1ccc(OCc2ccccc2)c(C(=O)O)c1Oc1ccccc1. The van der Waals surface area contributed by atoms with Gasteiger partial charge in [-0.3, -0.25) is 0 Å². The van der Waals surface area contributed by atoms with Crippen molar-refractivity contribution in [2.75, 3.05) is 0 Å². The van der Waals surface area contributed by atoms with Gasteiger partial charge in [-0.15, -0.1) is 0 Å². The maximum absolute atomic E-state index is 11.8. The number of nitrogens with zero attached hydrogens (tertiary/aromatic N) is 1. The largest absolute Gasteiger partial charge is 0.488 e. The minimum Gasteiger partial charge on any atom is -0.488 e. The van der Waals surface area contributed by atoms with Gasteiger partial charge in [-0.1, -0.05) is 48.5 Å². The highest BCUT2D eigenvalue weighted by Crippen LogP contribution is 2.40. The standard InChI is InChI=1S/C21H15NO4/c1-22-17-12-13-18(25-14-15-8-4-2-5-9-15)19(21(23)24)20(17)26-16-10-6-3-7-11-16/h2-13H,14H2,(H,23,24). The van der Waals surface area contributed by atoms with Crippen LogP contribution in [0.5, 0.6) is 17.2 Å². The second-order valence-corrected chi connectivity index (χ2v) is 5.39. The van der Waals surface area contributed by atoms with Crippen LogP contribution >= 0.6 is 0 Å². The first-order valence-electron chi connectivity index (χ1n) is 7.86. The number of para-hydroxylation sites is 1. The smallest absolute Gasteiger partial charge is 0.341 e. The number of rotatable bonds is 6. The van der Waals surface area contributed by atoms with E-state index in [1.807, 2.05) is 36.4 Å². The van der Waals surface area contributed by atoms with Gasteiger partial charge in [0.25, 0.3) is 0 Å². The molecule has 0 unspecified atom stereocenters. The molecule has 3 aromatic rings. The summed E-state index contributed by atoms with van der Waals surface area (Å²) >= 11 is 0. The number of ether oxygens (including phenoxy) is 2. The molecule has 3 aromatic carbocycles. The molecule has 0 spiro atoms. The Morgan fingerprint density at radius 1 is 0.962 bits per heavy atom. The second kappa shape index (κ2) is 7.86. The summed E-state index contributed by atoms with van der Waals surface area (Å²) in [5.74, 6) is -0.645. The van der Waals surface area contributed by atoms with Crippen molar-refractivity contribution in [2.45, 2.75) is 6.61 Å². The van der Waals surface area contributed by atoms with Crippen molar-refractivity contribution < 1.29 is 19.4 Å². The van der Waals surface area contributed by atoms with Gasteiger partial charge in [0.1, 0.15) is 23.7 Å². The molecule has 0 aromatic heterocycles. The first kappa shape index (κ1) is 17.1. The quantitative estimate of drug-likeness (QED) is 0.615. The number of carboxylic acids is 1. The summed E-state index contributed by atoms with van der Waals surface area (Å²) in [6.45, 7) is 7.52. The maximum atomic E-state index is 11.8. The predicted octanol–water partition coefficient (Wildman–Crippen LogP) is 5.31. The second-order valence-electron chi connectivity index (χ2n) is 5.39. The lowest BCUT2D eigenvalue weighted by molar-refractivity contribution is 0.0689. The van der Waals surface area contributed by atoms with E-state index in [4.69, 9.17) is 16.0 Å². The molecular weight excluding hydrogens is 330 g/mol. The molecule has 0 radical (unpaired) electrons. The summed E-state index contributed by atoms with van der Waals surface area (Å²) in [6.07, 6.45) is 0. The van der Waals surface area contributed by atoms with Crippen LogP contribution in [0.1, 0.15) is 15.9 Å². The average molecular weight is 345 g/mol. The number of carboxylic acid groups (broad SMARTS) is 1. The lowest BCUT2D eigenvalue weighted by Crippen LogP contribution is -2.06. The molecular formula is C21H15NO4. The van der Waals surface area contributed by atoms with E-state index in [1.54, 1.807) is 24.3 Å². The Morgan fingerprint density at radius 3 is 2.23 bits per heavy atom. The fourth-order valence-corrected chi connectivity index (χ4v) is 2.41. The zero-order valence-electron chi connectivity index (χ0n) is 13.8. The van der Waals surface area contributed by atoms with Crippen molar-refractivity contribution in [2.24, 2.45) is 0 Å². The van der Waals surface area contributed by atoms with Crippen molar-refractivity contribution in [3.8, 4) is 17.2 Å². The van der Waals surface area contributed by atoms with E-state index in [-0.39, 0.29) is 29.4 Å². The number of benzene rings is 3. The minimum absolute atomic E-state index is 0.0238. The Morgan fingerprint density at radius 2 is 1.62 bits per heavy atom. The summed E-state index contributed by atoms with van der Waals surface area (Å²) in [4.78, 5) is 15.2. The molecule has 0 atom stereocenters. The molecule has 0 saturated heterocycles. The fourth-order valence-electron chi connectivity index (χ4n) is 2.41. The third-order valence-electron chi connectivity index (χ3n) is 3.63. The van der Waals surface area contributed by atoms with E-state index in [1.165, 1.54) is 12.1 Å². The molecule has 0 fully saturated rings. The third-order valence-corrected chi connectivity index (χ3v) is 3.63. The van der Waals surface area contributed by atoms with E-state index in [2.05, 4.69) is 4.85 Å². The summed E-state index contributed by atoms with van der Waals surface area (Å²) in [5, 5.41) is 9.68. The number of hydrogen-bond donors (Lipinski definition) is 1. The topological polar surface area (TPSA) is 60.1 Å². The maximum Gasteiger partial charge on any atom is 0.341 e. The molecule has 128 valence electrons. The van der Waals surface area contributed by atoms with Gasteiger partial charge in [-0.05, 0) is 29.8 Å². The molecule has 0 heterocycles. The normalized spacial score (nSPS) is 9.96. The lowest BCUT2D eigenvalue weighted by Gasteiger charge is -2.15. The highest BCUT2D eigenvalue weighted by atomic mass is 16.5. The van der Waals surface area contributed by atoms with Crippen LogP contribution in [0.25, 0.3) is 4.85 Å². The van der Waals surface area contributed by atoms with Gasteiger partial charge >= 0.3 is 5.97 Å². The van der Waals surface area contributed by atoms with E-state index in [0.29, 0.717) is 5.75 Å². The van der Waals surface area contributed by atoms with Crippen molar-refractivity contribution in [1.29, 1.82) is 0 Å². The molecule has 5 heteroatoms. The van der Waals surface area contributed by atoms with E-state index in [9.17, 15) is 9.90 Å². The Labute approximate surface area is 150 Å². The van der Waals surface area contributed by atoms with Crippen LogP contribution in [-0.2, 0) is 6.61 Å². The molecule has 26 heavy (non-hydrogen) atoms. The van der Waals surface area contributed by atoms with Gasteiger partial charge in [0.05, 0.1) is 6.57 Å². The Kier molecular flexibility index (Phi) is 5.16. The molecule has 5 nitrogen and oxygen atoms in total. The van der Waals surface area contributed by atoms with E-state index >= 15 is 0 Å². The fraction of sp³-hybridized carbons (Fsp3) is 0.0476. The van der Waals surface area contributed by atoms with E-state index in [0.717, 1.165) is 5.56 Å². The highest BCUT2D eigenvalue weighted by molar-refractivity contribution is 5.97. The van der Waals surface area contributed by atoms with Gasteiger partial charge in [0.15, 0.2) is 5.75 Å². The molecule has 0 saturated carbocycles.